The number of piperidine rings is 1. The van der Waals surface area contributed by atoms with Crippen molar-refractivity contribution in [2.45, 2.75) is 32.3 Å². The molecule has 0 saturated carbocycles. The van der Waals surface area contributed by atoms with Crippen LogP contribution in [-0.2, 0) is 9.53 Å². The Kier molecular flexibility index (Phi) is 6.31. The number of ether oxygens (including phenoxy) is 1. The Bertz CT molecular complexity index is 543. The van der Waals surface area contributed by atoms with E-state index in [1.807, 2.05) is 17.0 Å². The number of carbonyl (C=O) groups is 1. The Balaban J connectivity index is 1.55. The van der Waals surface area contributed by atoms with Crippen molar-refractivity contribution < 1.29 is 9.53 Å². The van der Waals surface area contributed by atoms with E-state index in [0.29, 0.717) is 38.0 Å². The second-order valence-corrected chi connectivity index (χ2v) is 7.95. The summed E-state index contributed by atoms with van der Waals surface area (Å²) in [6.45, 7) is 6.39. The Morgan fingerprint density at radius 1 is 1.42 bits per heavy atom. The van der Waals surface area contributed by atoms with Gasteiger partial charge in [0.05, 0.1) is 13.2 Å². The molecule has 2 saturated heterocycles. The first-order chi connectivity index (χ1) is 11.6. The maximum absolute atomic E-state index is 12.7. The summed E-state index contributed by atoms with van der Waals surface area (Å²) in [5, 5.41) is 3.45. The minimum atomic E-state index is -0.0116. The van der Waals surface area contributed by atoms with Crippen LogP contribution in [0.3, 0.4) is 0 Å². The van der Waals surface area contributed by atoms with E-state index >= 15 is 0 Å². The smallest absolute Gasteiger partial charge is 0.223 e. The lowest BCUT2D eigenvalue weighted by molar-refractivity contribution is -0.140. The molecule has 0 aromatic heterocycles. The van der Waals surface area contributed by atoms with Crippen LogP contribution in [0.2, 0.25) is 0 Å². The molecular weight excluding hydrogens is 368 g/mol. The van der Waals surface area contributed by atoms with Crippen LogP contribution in [0.15, 0.2) is 28.7 Å². The van der Waals surface area contributed by atoms with Crippen LogP contribution < -0.4 is 5.32 Å². The van der Waals surface area contributed by atoms with E-state index in [1.54, 1.807) is 0 Å². The van der Waals surface area contributed by atoms with Crippen molar-refractivity contribution in [1.29, 1.82) is 0 Å². The Hall–Kier alpha value is -0.910. The predicted molar refractivity (Wildman–Crippen MR) is 98.8 cm³/mol. The van der Waals surface area contributed by atoms with E-state index in [9.17, 15) is 4.79 Å². The third kappa shape index (κ3) is 4.58. The number of rotatable bonds is 4. The summed E-state index contributed by atoms with van der Waals surface area (Å²) in [4.78, 5) is 14.7. The maximum Gasteiger partial charge on any atom is 0.223 e. The van der Waals surface area contributed by atoms with Gasteiger partial charge in [-0.1, -0.05) is 35.0 Å². The third-order valence-corrected chi connectivity index (χ3v) is 5.83. The van der Waals surface area contributed by atoms with Crippen molar-refractivity contribution in [2.24, 2.45) is 11.8 Å². The first-order valence-corrected chi connectivity index (χ1v) is 9.78. The van der Waals surface area contributed by atoms with Crippen LogP contribution in [0.5, 0.6) is 0 Å². The predicted octanol–water partition coefficient (Wildman–Crippen LogP) is 3.37. The number of hydrogen-bond donors (Lipinski definition) is 1. The lowest BCUT2D eigenvalue weighted by Crippen LogP contribution is -2.43. The number of benzene rings is 1. The summed E-state index contributed by atoms with van der Waals surface area (Å²) in [7, 11) is 0. The summed E-state index contributed by atoms with van der Waals surface area (Å²) in [5.74, 6) is 1.35. The average molecular weight is 395 g/mol. The van der Waals surface area contributed by atoms with E-state index < -0.39 is 0 Å². The summed E-state index contributed by atoms with van der Waals surface area (Å²) in [6, 6.07) is 8.19. The van der Waals surface area contributed by atoms with Gasteiger partial charge in [-0.25, -0.2) is 0 Å². The molecule has 132 valence electrons. The van der Waals surface area contributed by atoms with Crippen molar-refractivity contribution in [3.8, 4) is 0 Å². The van der Waals surface area contributed by atoms with Gasteiger partial charge in [-0.2, -0.15) is 0 Å². The van der Waals surface area contributed by atoms with Gasteiger partial charge in [0.2, 0.25) is 5.91 Å². The monoisotopic (exact) mass is 394 g/mol. The third-order valence-electron chi connectivity index (χ3n) is 5.30. The fourth-order valence-electron chi connectivity index (χ4n) is 3.69. The molecule has 1 aromatic rings. The van der Waals surface area contributed by atoms with E-state index in [0.717, 1.165) is 23.1 Å². The highest BCUT2D eigenvalue weighted by Crippen LogP contribution is 2.27. The Morgan fingerprint density at radius 3 is 2.92 bits per heavy atom. The number of halogens is 1. The van der Waals surface area contributed by atoms with Gasteiger partial charge in [-0.15, -0.1) is 0 Å². The zero-order valence-electron chi connectivity index (χ0n) is 14.3. The normalized spacial score (nSPS) is 26.2. The SMILES string of the molecule is CC(CC(=O)N1CCOC(c2ccc(Br)cc2)C1)C1CCCNC1. The molecule has 1 N–H and O–H groups in total. The molecule has 3 unspecified atom stereocenters. The van der Waals surface area contributed by atoms with Gasteiger partial charge in [-0.3, -0.25) is 4.79 Å². The van der Waals surface area contributed by atoms with Crippen molar-refractivity contribution in [3.05, 3.63) is 34.3 Å². The molecule has 3 rings (SSSR count). The van der Waals surface area contributed by atoms with Gasteiger partial charge in [0.25, 0.3) is 0 Å². The highest BCUT2D eigenvalue weighted by Gasteiger charge is 2.28. The van der Waals surface area contributed by atoms with E-state index in [1.165, 1.54) is 12.8 Å². The number of morpholine rings is 1. The number of amides is 1. The number of carbonyl (C=O) groups excluding carboxylic acids is 1. The van der Waals surface area contributed by atoms with Crippen LogP contribution in [0.25, 0.3) is 0 Å². The first-order valence-electron chi connectivity index (χ1n) is 8.99. The van der Waals surface area contributed by atoms with Crippen LogP contribution >= 0.6 is 15.9 Å². The summed E-state index contributed by atoms with van der Waals surface area (Å²) in [5.41, 5.74) is 1.14. The summed E-state index contributed by atoms with van der Waals surface area (Å²) >= 11 is 3.46. The van der Waals surface area contributed by atoms with Crippen molar-refractivity contribution >= 4 is 21.8 Å². The molecule has 0 aliphatic carbocycles. The number of nitrogens with one attached hydrogen (secondary N) is 1. The van der Waals surface area contributed by atoms with Crippen molar-refractivity contribution in [2.75, 3.05) is 32.8 Å². The second kappa shape index (κ2) is 8.45. The molecule has 2 fully saturated rings. The molecule has 2 heterocycles. The minimum Gasteiger partial charge on any atom is -0.370 e. The van der Waals surface area contributed by atoms with Gasteiger partial charge in [0, 0.05) is 17.4 Å². The molecule has 0 bridgehead atoms. The standard InChI is InChI=1S/C19H27BrN2O2/c1-14(16-3-2-8-21-12-16)11-19(23)22-9-10-24-18(13-22)15-4-6-17(20)7-5-15/h4-7,14,16,18,21H,2-3,8-13H2,1H3. The molecule has 24 heavy (non-hydrogen) atoms. The lowest BCUT2D eigenvalue weighted by Gasteiger charge is -2.35. The topological polar surface area (TPSA) is 41.6 Å². The zero-order chi connectivity index (χ0) is 16.9. The second-order valence-electron chi connectivity index (χ2n) is 7.04. The van der Waals surface area contributed by atoms with Crippen molar-refractivity contribution in [1.82, 2.24) is 10.2 Å². The average Bonchev–Trinajstić information content (AvgIpc) is 2.63. The molecule has 2 aliphatic heterocycles. The van der Waals surface area contributed by atoms with Gasteiger partial charge >= 0.3 is 0 Å². The number of hydrogen-bond acceptors (Lipinski definition) is 3. The van der Waals surface area contributed by atoms with Crippen LogP contribution in [-0.4, -0.2) is 43.6 Å². The summed E-state index contributed by atoms with van der Waals surface area (Å²) < 4.78 is 6.95. The van der Waals surface area contributed by atoms with E-state index in [-0.39, 0.29) is 12.0 Å². The number of nitrogens with zero attached hydrogens (tertiary/aromatic N) is 1. The van der Waals surface area contributed by atoms with Crippen LogP contribution in [0.1, 0.15) is 37.9 Å². The van der Waals surface area contributed by atoms with Gasteiger partial charge < -0.3 is 15.0 Å². The van der Waals surface area contributed by atoms with Crippen molar-refractivity contribution in [3.63, 3.8) is 0 Å². The molecule has 0 spiro atoms. The molecule has 1 aromatic carbocycles. The van der Waals surface area contributed by atoms with Gasteiger partial charge in [0.1, 0.15) is 6.10 Å². The lowest BCUT2D eigenvalue weighted by atomic mass is 9.85. The molecule has 0 radical (unpaired) electrons. The van der Waals surface area contributed by atoms with E-state index in [4.69, 9.17) is 4.74 Å². The Morgan fingerprint density at radius 2 is 2.21 bits per heavy atom. The first kappa shape index (κ1) is 17.9. The zero-order valence-corrected chi connectivity index (χ0v) is 15.9. The highest BCUT2D eigenvalue weighted by molar-refractivity contribution is 9.10. The molecular formula is C19H27BrN2O2. The highest BCUT2D eigenvalue weighted by atomic mass is 79.9. The fourth-order valence-corrected chi connectivity index (χ4v) is 3.95. The quantitative estimate of drug-likeness (QED) is 0.850. The van der Waals surface area contributed by atoms with Crippen LogP contribution in [0, 0.1) is 11.8 Å². The Labute approximate surface area is 153 Å². The van der Waals surface area contributed by atoms with Gasteiger partial charge in [-0.05, 0) is 55.5 Å². The maximum atomic E-state index is 12.7. The molecule has 5 heteroatoms. The fraction of sp³-hybridized carbons (Fsp3) is 0.632. The molecule has 1 amide bonds. The largest absolute Gasteiger partial charge is 0.370 e. The van der Waals surface area contributed by atoms with Crippen LogP contribution in [0.4, 0.5) is 0 Å². The summed E-state index contributed by atoms with van der Waals surface area (Å²) in [6.07, 6.45) is 3.11. The molecule has 4 nitrogen and oxygen atoms in total. The molecule has 3 atom stereocenters. The minimum absolute atomic E-state index is 0.0116. The molecule has 2 aliphatic rings. The van der Waals surface area contributed by atoms with E-state index in [2.05, 4.69) is 40.3 Å². The van der Waals surface area contributed by atoms with Gasteiger partial charge in [0.15, 0.2) is 0 Å².